The molecule has 3 aromatic rings. The predicted octanol–water partition coefficient (Wildman–Crippen LogP) is 4.75. The Labute approximate surface area is 155 Å². The van der Waals surface area contributed by atoms with Gasteiger partial charge < -0.3 is 4.98 Å². The second-order valence-electron chi connectivity index (χ2n) is 6.92. The SMILES string of the molecule is Cc1cc(-c2ccc3[nH]ccc3c2)c(C)cc1C=CS(=O)(=O)NC(C)C. The number of H-pyrrole nitrogens is 1. The number of aromatic amines is 1. The molecular weight excluding hydrogens is 344 g/mol. The number of aromatic nitrogens is 1. The molecule has 0 aliphatic rings. The van der Waals surface area contributed by atoms with Crippen LogP contribution in [0.1, 0.15) is 30.5 Å². The third-order valence-corrected chi connectivity index (χ3v) is 5.60. The molecule has 26 heavy (non-hydrogen) atoms. The summed E-state index contributed by atoms with van der Waals surface area (Å²) in [6, 6.07) is 12.4. The number of benzene rings is 2. The molecule has 1 aromatic heterocycles. The quantitative estimate of drug-likeness (QED) is 0.683. The predicted molar refractivity (Wildman–Crippen MR) is 109 cm³/mol. The number of fused-ring (bicyclic) bond motifs is 1. The van der Waals surface area contributed by atoms with Gasteiger partial charge in [0.2, 0.25) is 10.0 Å². The van der Waals surface area contributed by atoms with Crippen LogP contribution in [0.4, 0.5) is 0 Å². The smallest absolute Gasteiger partial charge is 0.233 e. The molecule has 1 heterocycles. The lowest BCUT2D eigenvalue weighted by Gasteiger charge is -2.11. The maximum absolute atomic E-state index is 12.0. The minimum absolute atomic E-state index is 0.127. The lowest BCUT2D eigenvalue weighted by atomic mass is 9.94. The van der Waals surface area contributed by atoms with Gasteiger partial charge in [0.25, 0.3) is 0 Å². The third kappa shape index (κ3) is 4.06. The summed E-state index contributed by atoms with van der Waals surface area (Å²) in [4.78, 5) is 3.21. The highest BCUT2D eigenvalue weighted by atomic mass is 32.2. The first kappa shape index (κ1) is 18.4. The number of nitrogens with one attached hydrogen (secondary N) is 2. The van der Waals surface area contributed by atoms with Gasteiger partial charge in [0.1, 0.15) is 0 Å². The van der Waals surface area contributed by atoms with Gasteiger partial charge in [-0.15, -0.1) is 0 Å². The Balaban J connectivity index is 1.95. The van der Waals surface area contributed by atoms with E-state index in [1.165, 1.54) is 10.8 Å². The van der Waals surface area contributed by atoms with E-state index in [0.29, 0.717) is 0 Å². The van der Waals surface area contributed by atoms with Crippen LogP contribution in [0.5, 0.6) is 0 Å². The Hall–Kier alpha value is -2.37. The van der Waals surface area contributed by atoms with Crippen molar-refractivity contribution < 1.29 is 8.42 Å². The number of hydrogen-bond donors (Lipinski definition) is 2. The van der Waals surface area contributed by atoms with E-state index in [1.807, 2.05) is 26.1 Å². The van der Waals surface area contributed by atoms with Crippen molar-refractivity contribution in [3.05, 3.63) is 64.7 Å². The van der Waals surface area contributed by atoms with Crippen molar-refractivity contribution in [3.8, 4) is 11.1 Å². The molecular formula is C21H24N2O2S. The molecule has 2 N–H and O–H groups in total. The fourth-order valence-electron chi connectivity index (χ4n) is 3.08. The summed E-state index contributed by atoms with van der Waals surface area (Å²) in [6.07, 6.45) is 3.60. The van der Waals surface area contributed by atoms with Crippen molar-refractivity contribution in [2.75, 3.05) is 0 Å². The molecule has 0 unspecified atom stereocenters. The van der Waals surface area contributed by atoms with Crippen molar-refractivity contribution in [3.63, 3.8) is 0 Å². The van der Waals surface area contributed by atoms with Crippen molar-refractivity contribution in [2.24, 2.45) is 0 Å². The van der Waals surface area contributed by atoms with Crippen LogP contribution in [0.3, 0.4) is 0 Å². The lowest BCUT2D eigenvalue weighted by molar-refractivity contribution is 0.579. The molecule has 2 aromatic carbocycles. The van der Waals surface area contributed by atoms with Crippen LogP contribution >= 0.6 is 0 Å². The number of sulfonamides is 1. The van der Waals surface area contributed by atoms with Crippen molar-refractivity contribution in [1.29, 1.82) is 0 Å². The molecule has 0 radical (unpaired) electrons. The molecule has 0 fully saturated rings. The summed E-state index contributed by atoms with van der Waals surface area (Å²) >= 11 is 0. The second-order valence-corrected chi connectivity index (χ2v) is 8.52. The molecule has 0 saturated heterocycles. The van der Waals surface area contributed by atoms with E-state index >= 15 is 0 Å². The van der Waals surface area contributed by atoms with E-state index in [4.69, 9.17) is 0 Å². The van der Waals surface area contributed by atoms with Crippen molar-refractivity contribution in [1.82, 2.24) is 9.71 Å². The molecule has 136 valence electrons. The monoisotopic (exact) mass is 368 g/mol. The van der Waals surface area contributed by atoms with Gasteiger partial charge in [-0.3, -0.25) is 0 Å². The van der Waals surface area contributed by atoms with Crippen LogP contribution in [-0.4, -0.2) is 19.4 Å². The van der Waals surface area contributed by atoms with Gasteiger partial charge in [0, 0.05) is 23.2 Å². The molecule has 0 atom stereocenters. The molecule has 0 amide bonds. The first-order chi connectivity index (χ1) is 12.2. The highest BCUT2D eigenvalue weighted by molar-refractivity contribution is 7.92. The fourth-order valence-corrected chi connectivity index (χ4v) is 4.14. The van der Waals surface area contributed by atoms with Crippen LogP contribution in [0.25, 0.3) is 28.1 Å². The van der Waals surface area contributed by atoms with Crippen LogP contribution in [-0.2, 0) is 10.0 Å². The normalized spacial score (nSPS) is 12.5. The Kier molecular flexibility index (Phi) is 5.03. The number of rotatable bonds is 5. The van der Waals surface area contributed by atoms with Gasteiger partial charge in [-0.05, 0) is 85.2 Å². The zero-order chi connectivity index (χ0) is 18.9. The van der Waals surface area contributed by atoms with Crippen molar-refractivity contribution in [2.45, 2.75) is 33.7 Å². The van der Waals surface area contributed by atoms with Gasteiger partial charge in [-0.25, -0.2) is 13.1 Å². The average molecular weight is 369 g/mol. The first-order valence-electron chi connectivity index (χ1n) is 8.64. The van der Waals surface area contributed by atoms with E-state index in [0.717, 1.165) is 33.3 Å². The molecule has 4 nitrogen and oxygen atoms in total. The van der Waals surface area contributed by atoms with Gasteiger partial charge >= 0.3 is 0 Å². The number of hydrogen-bond acceptors (Lipinski definition) is 2. The molecule has 0 spiro atoms. The molecule has 0 bridgehead atoms. The van der Waals surface area contributed by atoms with Crippen LogP contribution in [0.15, 0.2) is 48.0 Å². The van der Waals surface area contributed by atoms with Crippen LogP contribution < -0.4 is 4.72 Å². The van der Waals surface area contributed by atoms with E-state index < -0.39 is 10.0 Å². The zero-order valence-corrected chi connectivity index (χ0v) is 16.3. The molecule has 0 aliphatic carbocycles. The van der Waals surface area contributed by atoms with E-state index in [9.17, 15) is 8.42 Å². The largest absolute Gasteiger partial charge is 0.361 e. The Morgan fingerprint density at radius 1 is 1.04 bits per heavy atom. The zero-order valence-electron chi connectivity index (χ0n) is 15.5. The highest BCUT2D eigenvalue weighted by Crippen LogP contribution is 2.29. The van der Waals surface area contributed by atoms with Gasteiger partial charge in [0.15, 0.2) is 0 Å². The Morgan fingerprint density at radius 3 is 2.54 bits per heavy atom. The summed E-state index contributed by atoms with van der Waals surface area (Å²) in [7, 11) is -3.42. The van der Waals surface area contributed by atoms with Crippen molar-refractivity contribution >= 4 is 27.0 Å². The Bertz CT molecular complexity index is 1080. The maximum Gasteiger partial charge on any atom is 0.233 e. The standard InChI is InChI=1S/C21H24N2O2S/c1-14(2)23-26(24,25)10-8-17-11-16(4)20(12-15(17)3)18-5-6-21-19(13-18)7-9-22-21/h5-14,22-23H,1-4H3. The summed E-state index contributed by atoms with van der Waals surface area (Å²) in [5.74, 6) is 0. The summed E-state index contributed by atoms with van der Waals surface area (Å²) in [6.45, 7) is 7.65. The van der Waals surface area contributed by atoms with Crippen LogP contribution in [0.2, 0.25) is 0 Å². The summed E-state index contributed by atoms with van der Waals surface area (Å²) in [5.41, 5.74) is 6.48. The van der Waals surface area contributed by atoms with Crippen LogP contribution in [0, 0.1) is 13.8 Å². The molecule has 0 saturated carbocycles. The van der Waals surface area contributed by atoms with E-state index in [1.54, 1.807) is 19.9 Å². The Morgan fingerprint density at radius 2 is 1.81 bits per heavy atom. The molecule has 0 aliphatic heterocycles. The lowest BCUT2D eigenvalue weighted by Crippen LogP contribution is -2.28. The van der Waals surface area contributed by atoms with E-state index in [-0.39, 0.29) is 6.04 Å². The average Bonchev–Trinajstić information content (AvgIpc) is 3.01. The molecule has 3 rings (SSSR count). The molecule has 5 heteroatoms. The van der Waals surface area contributed by atoms with Gasteiger partial charge in [-0.1, -0.05) is 18.2 Å². The minimum atomic E-state index is -3.42. The minimum Gasteiger partial charge on any atom is -0.361 e. The number of aryl methyl sites for hydroxylation is 2. The highest BCUT2D eigenvalue weighted by Gasteiger charge is 2.09. The second kappa shape index (κ2) is 7.09. The first-order valence-corrected chi connectivity index (χ1v) is 10.2. The van der Waals surface area contributed by atoms with E-state index in [2.05, 4.69) is 40.0 Å². The fraction of sp³-hybridized carbons (Fsp3) is 0.238. The topological polar surface area (TPSA) is 62.0 Å². The van der Waals surface area contributed by atoms with Gasteiger partial charge in [-0.2, -0.15) is 0 Å². The van der Waals surface area contributed by atoms with Gasteiger partial charge in [0.05, 0.1) is 0 Å². The third-order valence-electron chi connectivity index (χ3n) is 4.30. The maximum atomic E-state index is 12.0. The summed E-state index contributed by atoms with van der Waals surface area (Å²) in [5, 5.41) is 2.41. The summed E-state index contributed by atoms with van der Waals surface area (Å²) < 4.78 is 26.6.